The van der Waals surface area contributed by atoms with Gasteiger partial charge < -0.3 is 4.74 Å². The van der Waals surface area contributed by atoms with E-state index in [1.54, 1.807) is 0 Å². The molecule has 152 valence electrons. The van der Waals surface area contributed by atoms with Crippen molar-refractivity contribution in [2.24, 2.45) is 9.98 Å². The van der Waals surface area contributed by atoms with Crippen molar-refractivity contribution in [2.75, 3.05) is 5.01 Å². The molecule has 2 aromatic rings. The summed E-state index contributed by atoms with van der Waals surface area (Å²) >= 11 is 0. The average molecular weight is 400 g/mol. The first kappa shape index (κ1) is 18.8. The molecule has 3 aliphatic rings. The number of nitrogens with zero attached hydrogens (tertiary/aromatic N) is 4. The first-order valence-electron chi connectivity index (χ1n) is 10.7. The molecule has 0 aromatic heterocycles. The fraction of sp³-hybridized carbons (Fsp3) is 0.280. The van der Waals surface area contributed by atoms with E-state index in [1.165, 1.54) is 24.8 Å². The fourth-order valence-electron chi connectivity index (χ4n) is 4.28. The Hall–Kier alpha value is -3.18. The van der Waals surface area contributed by atoms with Gasteiger partial charge in [-0.1, -0.05) is 32.0 Å². The van der Waals surface area contributed by atoms with Gasteiger partial charge in [-0.3, -0.25) is 4.99 Å². The highest BCUT2D eigenvalue weighted by atomic mass is 16.5. The van der Waals surface area contributed by atoms with Crippen LogP contribution in [0, 0.1) is 0 Å². The number of ether oxygens (including phenoxy) is 1. The Morgan fingerprint density at radius 3 is 2.57 bits per heavy atom. The predicted octanol–water partition coefficient (Wildman–Crippen LogP) is 6.13. The minimum atomic E-state index is 0.414. The van der Waals surface area contributed by atoms with E-state index in [1.807, 2.05) is 37.1 Å². The summed E-state index contributed by atoms with van der Waals surface area (Å²) in [5, 5.41) is 2.44. The van der Waals surface area contributed by atoms with Crippen LogP contribution in [0.5, 0.6) is 11.5 Å². The molecule has 0 amide bonds. The summed E-state index contributed by atoms with van der Waals surface area (Å²) in [5.41, 5.74) is 3.44. The van der Waals surface area contributed by atoms with Gasteiger partial charge in [-0.25, -0.2) is 10.0 Å². The van der Waals surface area contributed by atoms with Crippen LogP contribution in [0.1, 0.15) is 44.6 Å². The van der Waals surface area contributed by atoms with Crippen LogP contribution in [0.3, 0.4) is 0 Å². The molecule has 1 saturated carbocycles. The van der Waals surface area contributed by atoms with Crippen LogP contribution < -0.4 is 9.75 Å². The highest BCUT2D eigenvalue weighted by Gasteiger charge is 2.46. The third-order valence-corrected chi connectivity index (χ3v) is 6.10. The SMILES string of the molecule is CC(C)c1ccccc1Oc1ccc(N(C2CCC2)[N+]23C=CN=CC2=CN=C3)cc1. The van der Waals surface area contributed by atoms with Gasteiger partial charge in [-0.2, -0.15) is 0 Å². The van der Waals surface area contributed by atoms with Crippen molar-refractivity contribution < 1.29 is 9.33 Å². The van der Waals surface area contributed by atoms with E-state index in [9.17, 15) is 0 Å². The van der Waals surface area contributed by atoms with Crippen LogP contribution in [0.25, 0.3) is 0 Å². The number of anilines is 1. The Bertz CT molecular complexity index is 1050. The predicted molar refractivity (Wildman–Crippen MR) is 122 cm³/mol. The normalized spacial score (nSPS) is 22.0. The van der Waals surface area contributed by atoms with Crippen molar-refractivity contribution in [3.63, 3.8) is 0 Å². The number of para-hydroxylation sites is 1. The van der Waals surface area contributed by atoms with Crippen molar-refractivity contribution in [2.45, 2.75) is 45.1 Å². The Morgan fingerprint density at radius 1 is 1.03 bits per heavy atom. The number of hydrogen-bond acceptors (Lipinski definition) is 4. The van der Waals surface area contributed by atoms with E-state index in [4.69, 9.17) is 4.74 Å². The molecule has 2 aliphatic heterocycles. The smallest absolute Gasteiger partial charge is 0.225 e. The van der Waals surface area contributed by atoms with E-state index in [2.05, 4.69) is 71.4 Å². The molecule has 1 unspecified atom stereocenters. The number of hydrogen-bond donors (Lipinski definition) is 0. The van der Waals surface area contributed by atoms with E-state index in [0.29, 0.717) is 16.6 Å². The van der Waals surface area contributed by atoms with Crippen molar-refractivity contribution in [3.8, 4) is 11.5 Å². The number of aliphatic imine (C=N–C) groups is 2. The largest absolute Gasteiger partial charge is 0.457 e. The van der Waals surface area contributed by atoms with Gasteiger partial charge in [0.15, 0.2) is 6.20 Å². The summed E-state index contributed by atoms with van der Waals surface area (Å²) in [6.07, 6.45) is 13.4. The molecule has 1 fully saturated rings. The summed E-state index contributed by atoms with van der Waals surface area (Å²) in [4.78, 5) is 8.77. The first-order chi connectivity index (χ1) is 14.7. The zero-order valence-corrected chi connectivity index (χ0v) is 17.5. The van der Waals surface area contributed by atoms with Gasteiger partial charge in [0.2, 0.25) is 12.0 Å². The topological polar surface area (TPSA) is 37.2 Å². The van der Waals surface area contributed by atoms with Gasteiger partial charge in [0.25, 0.3) is 0 Å². The molecule has 0 radical (unpaired) electrons. The van der Waals surface area contributed by atoms with E-state index in [-0.39, 0.29) is 0 Å². The number of allylic oxidation sites excluding steroid dienone is 1. The minimum absolute atomic E-state index is 0.414. The maximum Gasteiger partial charge on any atom is 0.225 e. The Balaban J connectivity index is 1.45. The third kappa shape index (κ3) is 3.15. The van der Waals surface area contributed by atoms with Crippen molar-refractivity contribution >= 4 is 18.2 Å². The lowest BCUT2D eigenvalue weighted by Gasteiger charge is -2.46. The number of benzene rings is 2. The zero-order valence-electron chi connectivity index (χ0n) is 17.5. The van der Waals surface area contributed by atoms with Gasteiger partial charge in [0.1, 0.15) is 11.5 Å². The summed E-state index contributed by atoms with van der Waals surface area (Å²) in [7, 11) is 0. The molecule has 0 saturated heterocycles. The summed E-state index contributed by atoms with van der Waals surface area (Å²) in [5.74, 6) is 2.18. The van der Waals surface area contributed by atoms with Gasteiger partial charge in [0.05, 0.1) is 30.3 Å². The second kappa shape index (κ2) is 7.58. The quantitative estimate of drug-likeness (QED) is 0.548. The Morgan fingerprint density at radius 2 is 1.83 bits per heavy atom. The highest BCUT2D eigenvalue weighted by Crippen LogP contribution is 2.40. The van der Waals surface area contributed by atoms with Gasteiger partial charge in [0, 0.05) is 0 Å². The fourth-order valence-corrected chi connectivity index (χ4v) is 4.28. The molecule has 5 rings (SSSR count). The zero-order chi connectivity index (χ0) is 20.6. The molecule has 0 N–H and O–H groups in total. The standard InChI is InChI=1S/C25H27N4O/c1-19(2)24-8-3-4-9-25(24)30-23-12-10-21(11-13-23)28(20-6-5-7-20)29-15-14-26-16-22(29)17-27-18-29/h3-4,8-20H,5-7H2,1-2H3/q+1. The average Bonchev–Trinajstić information content (AvgIpc) is 3.16. The highest BCUT2D eigenvalue weighted by molar-refractivity contribution is 5.82. The van der Waals surface area contributed by atoms with E-state index in [0.717, 1.165) is 22.9 Å². The van der Waals surface area contributed by atoms with Crippen molar-refractivity contribution in [1.82, 2.24) is 0 Å². The molecule has 0 spiro atoms. The summed E-state index contributed by atoms with van der Waals surface area (Å²) in [6, 6.07) is 17.2. The molecular weight excluding hydrogens is 372 g/mol. The molecule has 30 heavy (non-hydrogen) atoms. The van der Waals surface area contributed by atoms with E-state index >= 15 is 0 Å². The van der Waals surface area contributed by atoms with Gasteiger partial charge in [-0.05, 0) is 61.1 Å². The maximum absolute atomic E-state index is 6.24. The monoisotopic (exact) mass is 399 g/mol. The number of fused-ring (bicyclic) bond motifs is 1. The van der Waals surface area contributed by atoms with Crippen molar-refractivity contribution in [3.05, 3.63) is 78.4 Å². The van der Waals surface area contributed by atoms with Gasteiger partial charge in [-0.15, -0.1) is 4.59 Å². The second-order valence-electron chi connectivity index (χ2n) is 8.35. The minimum Gasteiger partial charge on any atom is -0.457 e. The molecule has 2 aromatic carbocycles. The van der Waals surface area contributed by atoms with Crippen LogP contribution in [0.2, 0.25) is 0 Å². The molecule has 0 bridgehead atoms. The van der Waals surface area contributed by atoms with Crippen LogP contribution >= 0.6 is 0 Å². The summed E-state index contributed by atoms with van der Waals surface area (Å²) < 4.78 is 6.72. The summed E-state index contributed by atoms with van der Waals surface area (Å²) in [6.45, 7) is 4.38. The van der Waals surface area contributed by atoms with Crippen LogP contribution in [0.15, 0.2) is 82.8 Å². The second-order valence-corrected chi connectivity index (χ2v) is 8.35. The molecule has 2 heterocycles. The Kier molecular flexibility index (Phi) is 4.75. The van der Waals surface area contributed by atoms with E-state index < -0.39 is 0 Å². The molecule has 5 nitrogen and oxygen atoms in total. The first-order valence-corrected chi connectivity index (χ1v) is 10.7. The Labute approximate surface area is 177 Å². The van der Waals surface area contributed by atoms with Crippen LogP contribution in [0.4, 0.5) is 5.69 Å². The lowest BCUT2D eigenvalue weighted by molar-refractivity contribution is -0.746. The third-order valence-electron chi connectivity index (χ3n) is 6.10. The van der Waals surface area contributed by atoms with Crippen LogP contribution in [-0.4, -0.2) is 23.2 Å². The lowest BCUT2D eigenvalue weighted by Crippen LogP contribution is -2.61. The molecule has 5 heteroatoms. The lowest BCUT2D eigenvalue weighted by atomic mass is 9.92. The van der Waals surface area contributed by atoms with Gasteiger partial charge >= 0.3 is 0 Å². The van der Waals surface area contributed by atoms with Crippen molar-refractivity contribution in [1.29, 1.82) is 0 Å². The maximum atomic E-state index is 6.24. The molecular formula is C25H27N4O+. The molecule has 1 atom stereocenters. The van der Waals surface area contributed by atoms with Crippen LogP contribution in [-0.2, 0) is 0 Å². The molecule has 1 aliphatic carbocycles. The number of quaternary nitrogens is 1. The number of rotatable bonds is 6.